The third-order valence-electron chi connectivity index (χ3n) is 5.42. The first-order valence-corrected chi connectivity index (χ1v) is 9.72. The quantitative estimate of drug-likeness (QED) is 0.579. The summed E-state index contributed by atoms with van der Waals surface area (Å²) in [6.07, 6.45) is 6.18. The fourth-order valence-corrected chi connectivity index (χ4v) is 3.98. The van der Waals surface area contributed by atoms with E-state index in [-0.39, 0.29) is 24.2 Å². The number of aryl methyl sites for hydroxylation is 1. The van der Waals surface area contributed by atoms with Crippen molar-refractivity contribution in [2.45, 2.75) is 51.1 Å². The second-order valence-electron chi connectivity index (χ2n) is 7.22. The molecule has 2 aliphatic rings. The summed E-state index contributed by atoms with van der Waals surface area (Å²) in [4.78, 5) is 24.8. The second kappa shape index (κ2) is 7.95. The van der Waals surface area contributed by atoms with E-state index in [1.807, 2.05) is 4.90 Å². The number of nitro benzene ring substituents is 1. The summed E-state index contributed by atoms with van der Waals surface area (Å²) in [7, 11) is 0. The smallest absolute Gasteiger partial charge is 0.269 e. The molecule has 0 spiro atoms. The first-order chi connectivity index (χ1) is 13.6. The van der Waals surface area contributed by atoms with E-state index >= 15 is 0 Å². The maximum atomic E-state index is 12.8. The number of nitrogens with zero attached hydrogens (tertiary/aromatic N) is 5. The molecule has 0 saturated carbocycles. The molecule has 2 aromatic rings. The molecule has 28 heavy (non-hydrogen) atoms. The standard InChI is InChI=1S/C19H23N5O4/c25-18(13-28-15-9-7-14(8-10-15)24(26)27)22-12-4-5-16(22)19-21-20-17-6-2-1-3-11-23(17)19/h7-10,16H,1-6,11-13H2. The van der Waals surface area contributed by atoms with E-state index < -0.39 is 4.92 Å². The van der Waals surface area contributed by atoms with Crippen LogP contribution in [0.5, 0.6) is 5.75 Å². The molecule has 1 aromatic carbocycles. The van der Waals surface area contributed by atoms with Gasteiger partial charge in [0.2, 0.25) is 0 Å². The maximum absolute atomic E-state index is 12.8. The van der Waals surface area contributed by atoms with Gasteiger partial charge >= 0.3 is 0 Å². The van der Waals surface area contributed by atoms with Gasteiger partial charge in [-0.05, 0) is 37.8 Å². The molecule has 3 heterocycles. The summed E-state index contributed by atoms with van der Waals surface area (Å²) >= 11 is 0. The summed E-state index contributed by atoms with van der Waals surface area (Å²) in [6.45, 7) is 1.49. The first kappa shape index (κ1) is 18.4. The topological polar surface area (TPSA) is 103 Å². The number of aromatic nitrogens is 3. The van der Waals surface area contributed by atoms with Crippen LogP contribution in [-0.2, 0) is 17.8 Å². The molecule has 1 unspecified atom stereocenters. The van der Waals surface area contributed by atoms with Gasteiger partial charge in [-0.3, -0.25) is 14.9 Å². The molecule has 9 nitrogen and oxygen atoms in total. The number of rotatable bonds is 5. The van der Waals surface area contributed by atoms with E-state index in [9.17, 15) is 14.9 Å². The summed E-state index contributed by atoms with van der Waals surface area (Å²) in [5.74, 6) is 2.24. The van der Waals surface area contributed by atoms with E-state index in [4.69, 9.17) is 4.74 Å². The van der Waals surface area contributed by atoms with Gasteiger partial charge in [-0.1, -0.05) is 6.42 Å². The predicted molar refractivity (Wildman–Crippen MR) is 99.9 cm³/mol. The minimum Gasteiger partial charge on any atom is -0.484 e. The van der Waals surface area contributed by atoms with Gasteiger partial charge in [0.1, 0.15) is 11.6 Å². The third-order valence-corrected chi connectivity index (χ3v) is 5.42. The average Bonchev–Trinajstić information content (AvgIpc) is 3.27. The van der Waals surface area contributed by atoms with Crippen molar-refractivity contribution in [1.29, 1.82) is 0 Å². The Morgan fingerprint density at radius 2 is 1.96 bits per heavy atom. The van der Waals surface area contributed by atoms with Crippen molar-refractivity contribution in [3.63, 3.8) is 0 Å². The van der Waals surface area contributed by atoms with Crippen molar-refractivity contribution in [2.75, 3.05) is 13.2 Å². The van der Waals surface area contributed by atoms with Crippen molar-refractivity contribution in [2.24, 2.45) is 0 Å². The molecule has 4 rings (SSSR count). The first-order valence-electron chi connectivity index (χ1n) is 9.72. The molecular formula is C19H23N5O4. The third kappa shape index (κ3) is 3.69. The number of ether oxygens (including phenoxy) is 1. The molecule has 0 bridgehead atoms. The number of fused-ring (bicyclic) bond motifs is 1. The molecule has 1 amide bonds. The van der Waals surface area contributed by atoms with Crippen LogP contribution in [-0.4, -0.2) is 43.6 Å². The Hall–Kier alpha value is -2.97. The summed E-state index contributed by atoms with van der Waals surface area (Å²) < 4.78 is 7.75. The van der Waals surface area contributed by atoms with Gasteiger partial charge in [0.25, 0.3) is 11.6 Å². The average molecular weight is 385 g/mol. The summed E-state index contributed by atoms with van der Waals surface area (Å²) in [5, 5.41) is 19.5. The Balaban J connectivity index is 1.42. The van der Waals surface area contributed by atoms with Crippen LogP contribution < -0.4 is 4.74 Å². The van der Waals surface area contributed by atoms with E-state index in [1.54, 1.807) is 0 Å². The number of hydrogen-bond acceptors (Lipinski definition) is 6. The van der Waals surface area contributed by atoms with Crippen LogP contribution in [0.4, 0.5) is 5.69 Å². The number of amides is 1. The van der Waals surface area contributed by atoms with Crippen LogP contribution in [0, 0.1) is 10.1 Å². The molecule has 2 aliphatic heterocycles. The molecule has 1 atom stereocenters. The number of hydrogen-bond donors (Lipinski definition) is 0. The fraction of sp³-hybridized carbons (Fsp3) is 0.526. The Morgan fingerprint density at radius 1 is 1.14 bits per heavy atom. The molecule has 148 valence electrons. The van der Waals surface area contributed by atoms with Gasteiger partial charge in [0, 0.05) is 31.6 Å². The van der Waals surface area contributed by atoms with Crippen LogP contribution in [0.15, 0.2) is 24.3 Å². The van der Waals surface area contributed by atoms with Gasteiger partial charge < -0.3 is 14.2 Å². The number of benzene rings is 1. The summed E-state index contributed by atoms with van der Waals surface area (Å²) in [6, 6.07) is 5.68. The van der Waals surface area contributed by atoms with Crippen LogP contribution >= 0.6 is 0 Å². The molecule has 9 heteroatoms. The Labute approximate surface area is 162 Å². The normalized spacial score (nSPS) is 19.1. The summed E-state index contributed by atoms with van der Waals surface area (Å²) in [5.41, 5.74) is -0.00853. The lowest BCUT2D eigenvalue weighted by atomic mass is 10.2. The SMILES string of the molecule is O=C(COc1ccc([N+](=O)[O-])cc1)N1CCCC1c1nnc2n1CCCCC2. The highest BCUT2D eigenvalue weighted by molar-refractivity contribution is 5.78. The maximum Gasteiger partial charge on any atom is 0.269 e. The van der Waals surface area contributed by atoms with Gasteiger partial charge in [-0.2, -0.15) is 0 Å². The molecule has 0 radical (unpaired) electrons. The number of carbonyl (C=O) groups is 1. The Kier molecular flexibility index (Phi) is 5.23. The van der Waals surface area contributed by atoms with Crippen molar-refractivity contribution in [3.8, 4) is 5.75 Å². The Bertz CT molecular complexity index is 864. The van der Waals surface area contributed by atoms with Crippen molar-refractivity contribution in [3.05, 3.63) is 46.0 Å². The molecular weight excluding hydrogens is 362 g/mol. The van der Waals surface area contributed by atoms with Gasteiger partial charge in [0.15, 0.2) is 12.4 Å². The minimum atomic E-state index is -0.467. The second-order valence-corrected chi connectivity index (χ2v) is 7.22. The van der Waals surface area contributed by atoms with Crippen LogP contribution in [0.2, 0.25) is 0 Å². The zero-order chi connectivity index (χ0) is 19.5. The highest BCUT2D eigenvalue weighted by Crippen LogP contribution is 2.32. The lowest BCUT2D eigenvalue weighted by molar-refractivity contribution is -0.384. The predicted octanol–water partition coefficient (Wildman–Crippen LogP) is 2.66. The van der Waals surface area contributed by atoms with Gasteiger partial charge in [-0.25, -0.2) is 0 Å². The van der Waals surface area contributed by atoms with E-state index in [1.165, 1.54) is 30.7 Å². The van der Waals surface area contributed by atoms with E-state index in [2.05, 4.69) is 14.8 Å². The molecule has 1 fully saturated rings. The van der Waals surface area contributed by atoms with Crippen molar-refractivity contribution in [1.82, 2.24) is 19.7 Å². The molecule has 1 aromatic heterocycles. The molecule has 1 saturated heterocycles. The van der Waals surface area contributed by atoms with E-state index in [0.29, 0.717) is 12.3 Å². The highest BCUT2D eigenvalue weighted by atomic mass is 16.6. The Morgan fingerprint density at radius 3 is 2.75 bits per heavy atom. The van der Waals surface area contributed by atoms with Crippen LogP contribution in [0.1, 0.15) is 49.8 Å². The zero-order valence-corrected chi connectivity index (χ0v) is 15.6. The monoisotopic (exact) mass is 385 g/mol. The highest BCUT2D eigenvalue weighted by Gasteiger charge is 2.34. The van der Waals surface area contributed by atoms with Crippen molar-refractivity contribution < 1.29 is 14.5 Å². The minimum absolute atomic E-state index is 0.00853. The zero-order valence-electron chi connectivity index (χ0n) is 15.6. The number of non-ortho nitro benzene ring substituents is 1. The van der Waals surface area contributed by atoms with E-state index in [0.717, 1.165) is 50.3 Å². The van der Waals surface area contributed by atoms with Crippen molar-refractivity contribution >= 4 is 11.6 Å². The largest absolute Gasteiger partial charge is 0.484 e. The fourth-order valence-electron chi connectivity index (χ4n) is 3.98. The lowest BCUT2D eigenvalue weighted by Crippen LogP contribution is -2.35. The van der Waals surface area contributed by atoms with Crippen LogP contribution in [0.3, 0.4) is 0 Å². The molecule has 0 aliphatic carbocycles. The van der Waals surface area contributed by atoms with Crippen LogP contribution in [0.25, 0.3) is 0 Å². The lowest BCUT2D eigenvalue weighted by Gasteiger charge is -2.24. The molecule has 0 N–H and O–H groups in total. The van der Waals surface area contributed by atoms with Gasteiger partial charge in [0.05, 0.1) is 11.0 Å². The number of carbonyl (C=O) groups excluding carboxylic acids is 1. The number of nitro groups is 1. The van der Waals surface area contributed by atoms with Gasteiger partial charge in [-0.15, -0.1) is 10.2 Å². The number of likely N-dealkylation sites (tertiary alicyclic amines) is 1.